The van der Waals surface area contributed by atoms with Crippen molar-refractivity contribution in [1.82, 2.24) is 0 Å². The van der Waals surface area contributed by atoms with Crippen LogP contribution in [0.25, 0.3) is 6.08 Å². The van der Waals surface area contributed by atoms with Crippen molar-refractivity contribution >= 4 is 23.6 Å². The summed E-state index contributed by atoms with van der Waals surface area (Å²) in [6.07, 6.45) is 3.47. The average molecular weight is 295 g/mol. The molecule has 2 aromatic carbocycles. The molecule has 1 amide bonds. The lowest BCUT2D eigenvalue weighted by atomic mass is 10.1. The molecule has 0 bridgehead atoms. The minimum atomic E-state index is -1.01. The van der Waals surface area contributed by atoms with Crippen LogP contribution >= 0.6 is 0 Å². The first-order chi connectivity index (χ1) is 10.6. The first-order valence-corrected chi connectivity index (χ1v) is 7.00. The van der Waals surface area contributed by atoms with E-state index in [1.165, 1.54) is 11.6 Å². The summed E-state index contributed by atoms with van der Waals surface area (Å²) in [5.41, 5.74) is 3.10. The number of aryl methyl sites for hydroxylation is 1. The van der Waals surface area contributed by atoms with Gasteiger partial charge in [0.2, 0.25) is 0 Å². The zero-order valence-corrected chi connectivity index (χ0v) is 12.2. The molecule has 0 aliphatic rings. The molecule has 2 N–H and O–H groups in total. The fourth-order valence-corrected chi connectivity index (χ4v) is 1.98. The summed E-state index contributed by atoms with van der Waals surface area (Å²) >= 11 is 0. The topological polar surface area (TPSA) is 66.4 Å². The van der Waals surface area contributed by atoms with E-state index in [0.29, 0.717) is 16.8 Å². The molecule has 0 aromatic heterocycles. The maximum Gasteiger partial charge on any atom is 0.328 e. The zero-order valence-electron chi connectivity index (χ0n) is 12.2. The third-order valence-corrected chi connectivity index (χ3v) is 3.19. The van der Waals surface area contributed by atoms with Crippen LogP contribution in [0.3, 0.4) is 0 Å². The van der Waals surface area contributed by atoms with E-state index in [4.69, 9.17) is 5.11 Å². The van der Waals surface area contributed by atoms with Gasteiger partial charge in [-0.2, -0.15) is 0 Å². The number of aliphatic carboxylic acids is 1. The normalized spacial score (nSPS) is 10.6. The number of carbonyl (C=O) groups is 2. The highest BCUT2D eigenvalue weighted by Gasteiger charge is 2.06. The number of carboxylic acids is 1. The Labute approximate surface area is 129 Å². The molecule has 0 unspecified atom stereocenters. The predicted octanol–water partition coefficient (Wildman–Crippen LogP) is 3.60. The summed E-state index contributed by atoms with van der Waals surface area (Å²) in [4.78, 5) is 22.7. The van der Waals surface area contributed by atoms with Gasteiger partial charge in [-0.1, -0.05) is 31.2 Å². The minimum absolute atomic E-state index is 0.193. The molecule has 0 saturated carbocycles. The number of carboxylic acid groups (broad SMARTS) is 1. The molecule has 0 saturated heterocycles. The van der Waals surface area contributed by atoms with E-state index in [0.717, 1.165) is 12.5 Å². The molecule has 2 aromatic rings. The Morgan fingerprint density at radius 3 is 2.50 bits per heavy atom. The van der Waals surface area contributed by atoms with Crippen LogP contribution in [-0.2, 0) is 11.2 Å². The van der Waals surface area contributed by atoms with Crippen molar-refractivity contribution < 1.29 is 14.7 Å². The van der Waals surface area contributed by atoms with Gasteiger partial charge < -0.3 is 10.4 Å². The molecule has 112 valence electrons. The third kappa shape index (κ3) is 4.31. The fraction of sp³-hybridized carbons (Fsp3) is 0.111. The second kappa shape index (κ2) is 7.22. The van der Waals surface area contributed by atoms with Gasteiger partial charge in [-0.05, 0) is 47.9 Å². The van der Waals surface area contributed by atoms with Crippen LogP contribution in [0.15, 0.2) is 54.6 Å². The molecule has 22 heavy (non-hydrogen) atoms. The van der Waals surface area contributed by atoms with Gasteiger partial charge in [-0.15, -0.1) is 0 Å². The summed E-state index contributed by atoms with van der Waals surface area (Å²) in [7, 11) is 0. The second-order valence-electron chi connectivity index (χ2n) is 4.80. The number of hydrogen-bond donors (Lipinski definition) is 2. The van der Waals surface area contributed by atoms with Crippen LogP contribution in [-0.4, -0.2) is 17.0 Å². The molecule has 0 radical (unpaired) electrons. The van der Waals surface area contributed by atoms with Crippen LogP contribution in [0, 0.1) is 0 Å². The van der Waals surface area contributed by atoms with E-state index in [2.05, 4.69) is 12.2 Å². The Hall–Kier alpha value is -2.88. The van der Waals surface area contributed by atoms with Crippen molar-refractivity contribution in [2.75, 3.05) is 5.32 Å². The van der Waals surface area contributed by atoms with Crippen LogP contribution < -0.4 is 5.32 Å². The molecule has 0 aliphatic carbocycles. The van der Waals surface area contributed by atoms with Crippen LogP contribution in [0.5, 0.6) is 0 Å². The maximum absolute atomic E-state index is 12.2. The van der Waals surface area contributed by atoms with Crippen LogP contribution in [0.4, 0.5) is 5.69 Å². The van der Waals surface area contributed by atoms with Gasteiger partial charge in [0, 0.05) is 17.3 Å². The van der Waals surface area contributed by atoms with Gasteiger partial charge in [0.1, 0.15) is 0 Å². The number of rotatable bonds is 5. The molecule has 0 atom stereocenters. The number of nitrogens with one attached hydrogen (secondary N) is 1. The first kappa shape index (κ1) is 15.5. The molecule has 0 aliphatic heterocycles. The van der Waals surface area contributed by atoms with Crippen molar-refractivity contribution in [3.8, 4) is 0 Å². The van der Waals surface area contributed by atoms with Gasteiger partial charge in [0.15, 0.2) is 0 Å². The van der Waals surface area contributed by atoms with Crippen LogP contribution in [0.2, 0.25) is 0 Å². The second-order valence-corrected chi connectivity index (χ2v) is 4.80. The minimum Gasteiger partial charge on any atom is -0.478 e. The number of anilines is 1. The molecule has 2 rings (SSSR count). The largest absolute Gasteiger partial charge is 0.478 e. The molecule has 0 fully saturated rings. The Balaban J connectivity index is 2.10. The summed E-state index contributed by atoms with van der Waals surface area (Å²) in [6, 6.07) is 14.5. The SMILES string of the molecule is CCc1ccc(C(=O)Nc2cccc(/C=C/C(=O)O)c2)cc1. The summed E-state index contributed by atoms with van der Waals surface area (Å²) in [5.74, 6) is -1.20. The molecular weight excluding hydrogens is 278 g/mol. The van der Waals surface area contributed by atoms with Gasteiger partial charge in [-0.25, -0.2) is 4.79 Å². The highest BCUT2D eigenvalue weighted by Crippen LogP contribution is 2.14. The number of amides is 1. The van der Waals surface area contributed by atoms with Crippen molar-refractivity contribution in [3.05, 3.63) is 71.3 Å². The standard InChI is InChI=1S/C18H17NO3/c1-2-13-6-9-15(10-7-13)18(22)19-16-5-3-4-14(12-16)8-11-17(20)21/h3-12H,2H2,1H3,(H,19,22)(H,20,21)/b11-8+. The number of carbonyl (C=O) groups excluding carboxylic acids is 1. The van der Waals surface area contributed by atoms with Gasteiger partial charge >= 0.3 is 5.97 Å². The number of benzene rings is 2. The smallest absolute Gasteiger partial charge is 0.328 e. The first-order valence-electron chi connectivity index (χ1n) is 7.00. The van der Waals surface area contributed by atoms with E-state index in [-0.39, 0.29) is 5.91 Å². The lowest BCUT2D eigenvalue weighted by Gasteiger charge is -2.06. The Morgan fingerprint density at radius 1 is 1.14 bits per heavy atom. The zero-order chi connectivity index (χ0) is 15.9. The van der Waals surface area contributed by atoms with Gasteiger partial charge in [0.25, 0.3) is 5.91 Å². The summed E-state index contributed by atoms with van der Waals surface area (Å²) in [5, 5.41) is 11.4. The van der Waals surface area contributed by atoms with Crippen molar-refractivity contribution in [1.29, 1.82) is 0 Å². The van der Waals surface area contributed by atoms with Crippen molar-refractivity contribution in [2.45, 2.75) is 13.3 Å². The maximum atomic E-state index is 12.2. The predicted molar refractivity (Wildman–Crippen MR) is 86.9 cm³/mol. The van der Waals surface area contributed by atoms with E-state index in [1.54, 1.807) is 36.4 Å². The molecule has 0 heterocycles. The van der Waals surface area contributed by atoms with Crippen LogP contribution in [0.1, 0.15) is 28.4 Å². The molecule has 4 heteroatoms. The van der Waals surface area contributed by atoms with E-state index >= 15 is 0 Å². The van der Waals surface area contributed by atoms with Crippen molar-refractivity contribution in [3.63, 3.8) is 0 Å². The highest BCUT2D eigenvalue weighted by atomic mass is 16.4. The quantitative estimate of drug-likeness (QED) is 0.828. The van der Waals surface area contributed by atoms with E-state index in [1.807, 2.05) is 12.1 Å². The van der Waals surface area contributed by atoms with Crippen molar-refractivity contribution in [2.24, 2.45) is 0 Å². The van der Waals surface area contributed by atoms with E-state index in [9.17, 15) is 9.59 Å². The summed E-state index contributed by atoms with van der Waals surface area (Å²) in [6.45, 7) is 2.06. The molecular formula is C18H17NO3. The Bertz CT molecular complexity index is 703. The van der Waals surface area contributed by atoms with E-state index < -0.39 is 5.97 Å². The Morgan fingerprint density at radius 2 is 1.86 bits per heavy atom. The highest BCUT2D eigenvalue weighted by molar-refractivity contribution is 6.04. The lowest BCUT2D eigenvalue weighted by Crippen LogP contribution is -2.11. The van der Waals surface area contributed by atoms with Gasteiger partial charge in [-0.3, -0.25) is 4.79 Å². The fourth-order valence-electron chi connectivity index (χ4n) is 1.98. The van der Waals surface area contributed by atoms with Gasteiger partial charge in [0.05, 0.1) is 0 Å². The monoisotopic (exact) mass is 295 g/mol. The number of hydrogen-bond acceptors (Lipinski definition) is 2. The molecule has 4 nitrogen and oxygen atoms in total. The summed E-state index contributed by atoms with van der Waals surface area (Å²) < 4.78 is 0. The average Bonchev–Trinajstić information content (AvgIpc) is 2.53. The lowest BCUT2D eigenvalue weighted by molar-refractivity contribution is -0.131. The third-order valence-electron chi connectivity index (χ3n) is 3.19. The Kier molecular flexibility index (Phi) is 5.09. The molecule has 0 spiro atoms.